The largest absolute Gasteiger partial charge is 0.480 e. The molecule has 0 aliphatic heterocycles. The number of aromatic nitrogens is 2. The molecular formula is C13H17N3O. The number of ether oxygens (including phenoxy) is 1. The predicted octanol–water partition coefficient (Wildman–Crippen LogP) is 2.52. The van der Waals surface area contributed by atoms with Crippen LogP contribution in [0.15, 0.2) is 36.8 Å². The van der Waals surface area contributed by atoms with E-state index >= 15 is 0 Å². The highest BCUT2D eigenvalue weighted by atomic mass is 16.5. The summed E-state index contributed by atoms with van der Waals surface area (Å²) in [7, 11) is 1.63. The highest BCUT2D eigenvalue weighted by Crippen LogP contribution is 2.20. The van der Waals surface area contributed by atoms with E-state index in [0.29, 0.717) is 5.88 Å². The Bertz CT molecular complexity index is 479. The topological polar surface area (TPSA) is 39.1 Å². The Balaban J connectivity index is 2.01. The highest BCUT2D eigenvalue weighted by Gasteiger charge is 2.02. The number of hydrogen-bond acceptors (Lipinski definition) is 3. The Morgan fingerprint density at radius 2 is 2.29 bits per heavy atom. The molecule has 0 bridgehead atoms. The first-order chi connectivity index (χ1) is 8.33. The van der Waals surface area contributed by atoms with Crippen LogP contribution in [0.5, 0.6) is 5.88 Å². The molecule has 0 radical (unpaired) electrons. The molecule has 1 N–H and O–H groups in total. The van der Waals surface area contributed by atoms with E-state index in [9.17, 15) is 0 Å². The van der Waals surface area contributed by atoms with Gasteiger partial charge in [-0.15, -0.1) is 0 Å². The minimum Gasteiger partial charge on any atom is -0.480 e. The maximum absolute atomic E-state index is 5.18. The third-order valence-corrected chi connectivity index (χ3v) is 2.62. The molecule has 2 heterocycles. The maximum atomic E-state index is 5.18. The van der Waals surface area contributed by atoms with Gasteiger partial charge in [-0.3, -0.25) is 0 Å². The molecule has 0 aliphatic carbocycles. The maximum Gasteiger partial charge on any atom is 0.237 e. The van der Waals surface area contributed by atoms with Gasteiger partial charge in [0.15, 0.2) is 0 Å². The number of nitrogens with one attached hydrogen (secondary N) is 1. The SMILES string of the molecule is CCn1ccc(CNc2cccnc2OC)c1. The van der Waals surface area contributed by atoms with Gasteiger partial charge < -0.3 is 14.6 Å². The highest BCUT2D eigenvalue weighted by molar-refractivity contribution is 5.52. The molecule has 90 valence electrons. The van der Waals surface area contributed by atoms with E-state index in [1.807, 2.05) is 12.1 Å². The Morgan fingerprint density at radius 3 is 3.00 bits per heavy atom. The smallest absolute Gasteiger partial charge is 0.237 e. The van der Waals surface area contributed by atoms with Crippen molar-refractivity contribution >= 4 is 5.69 Å². The van der Waals surface area contributed by atoms with Gasteiger partial charge >= 0.3 is 0 Å². The predicted molar refractivity (Wildman–Crippen MR) is 68.2 cm³/mol. The zero-order chi connectivity index (χ0) is 12.1. The van der Waals surface area contributed by atoms with Crippen LogP contribution in [-0.4, -0.2) is 16.7 Å². The lowest BCUT2D eigenvalue weighted by atomic mass is 10.3. The normalized spacial score (nSPS) is 10.2. The van der Waals surface area contributed by atoms with Crippen molar-refractivity contribution in [3.05, 3.63) is 42.4 Å². The van der Waals surface area contributed by atoms with E-state index in [4.69, 9.17) is 4.74 Å². The number of methoxy groups -OCH3 is 1. The van der Waals surface area contributed by atoms with Crippen molar-refractivity contribution in [2.45, 2.75) is 20.0 Å². The molecule has 0 saturated heterocycles. The van der Waals surface area contributed by atoms with E-state index in [-0.39, 0.29) is 0 Å². The van der Waals surface area contributed by atoms with Crippen LogP contribution in [0.3, 0.4) is 0 Å². The molecule has 0 unspecified atom stereocenters. The zero-order valence-corrected chi connectivity index (χ0v) is 10.2. The molecule has 2 aromatic heterocycles. The molecule has 0 fully saturated rings. The molecule has 0 amide bonds. The Morgan fingerprint density at radius 1 is 1.41 bits per heavy atom. The lowest BCUT2D eigenvalue weighted by Crippen LogP contribution is -2.01. The molecule has 0 aromatic carbocycles. The second kappa shape index (κ2) is 5.39. The van der Waals surface area contributed by atoms with Crippen LogP contribution >= 0.6 is 0 Å². The van der Waals surface area contributed by atoms with Crippen LogP contribution < -0.4 is 10.1 Å². The minimum absolute atomic E-state index is 0.627. The van der Waals surface area contributed by atoms with Crippen molar-refractivity contribution < 1.29 is 4.74 Å². The molecule has 2 aromatic rings. The van der Waals surface area contributed by atoms with Crippen LogP contribution in [0.2, 0.25) is 0 Å². The average molecular weight is 231 g/mol. The van der Waals surface area contributed by atoms with Crippen molar-refractivity contribution in [2.75, 3.05) is 12.4 Å². The van der Waals surface area contributed by atoms with Gasteiger partial charge in [0.05, 0.1) is 12.8 Å². The summed E-state index contributed by atoms with van der Waals surface area (Å²) in [6.07, 6.45) is 5.94. The zero-order valence-electron chi connectivity index (χ0n) is 10.2. The van der Waals surface area contributed by atoms with Gasteiger partial charge in [0, 0.05) is 31.7 Å². The Kier molecular flexibility index (Phi) is 3.65. The third-order valence-electron chi connectivity index (χ3n) is 2.62. The summed E-state index contributed by atoms with van der Waals surface area (Å²) >= 11 is 0. The van der Waals surface area contributed by atoms with Crippen molar-refractivity contribution in [3.8, 4) is 5.88 Å². The summed E-state index contributed by atoms with van der Waals surface area (Å²) in [6.45, 7) is 3.90. The lowest BCUT2D eigenvalue weighted by molar-refractivity contribution is 0.399. The van der Waals surface area contributed by atoms with Crippen molar-refractivity contribution in [3.63, 3.8) is 0 Å². The first-order valence-corrected chi connectivity index (χ1v) is 5.71. The van der Waals surface area contributed by atoms with Gasteiger partial charge in [-0.2, -0.15) is 0 Å². The fraction of sp³-hybridized carbons (Fsp3) is 0.308. The molecule has 0 atom stereocenters. The van der Waals surface area contributed by atoms with E-state index in [1.54, 1.807) is 13.3 Å². The molecule has 0 saturated carbocycles. The van der Waals surface area contributed by atoms with Crippen molar-refractivity contribution in [1.82, 2.24) is 9.55 Å². The summed E-state index contributed by atoms with van der Waals surface area (Å²) in [5.74, 6) is 0.627. The summed E-state index contributed by atoms with van der Waals surface area (Å²) in [5.41, 5.74) is 2.16. The van der Waals surface area contributed by atoms with Crippen molar-refractivity contribution in [1.29, 1.82) is 0 Å². The van der Waals surface area contributed by atoms with E-state index in [2.05, 4.69) is 40.3 Å². The quantitative estimate of drug-likeness (QED) is 0.859. The van der Waals surface area contributed by atoms with Gasteiger partial charge in [0.2, 0.25) is 5.88 Å². The second-order valence-corrected chi connectivity index (χ2v) is 3.76. The fourth-order valence-electron chi connectivity index (χ4n) is 1.68. The van der Waals surface area contributed by atoms with Gasteiger partial charge in [0.25, 0.3) is 0 Å². The van der Waals surface area contributed by atoms with Crippen LogP contribution in [0.25, 0.3) is 0 Å². The third kappa shape index (κ3) is 2.78. The van der Waals surface area contributed by atoms with Gasteiger partial charge in [-0.05, 0) is 30.7 Å². The molecule has 0 aliphatic rings. The van der Waals surface area contributed by atoms with E-state index in [0.717, 1.165) is 18.8 Å². The molecular weight excluding hydrogens is 214 g/mol. The average Bonchev–Trinajstić information content (AvgIpc) is 2.84. The minimum atomic E-state index is 0.627. The number of rotatable bonds is 5. The number of aryl methyl sites for hydroxylation is 1. The number of anilines is 1. The molecule has 0 spiro atoms. The fourth-order valence-corrected chi connectivity index (χ4v) is 1.68. The first-order valence-electron chi connectivity index (χ1n) is 5.71. The van der Waals surface area contributed by atoms with Crippen LogP contribution in [0, 0.1) is 0 Å². The lowest BCUT2D eigenvalue weighted by Gasteiger charge is -2.08. The second-order valence-electron chi connectivity index (χ2n) is 3.76. The summed E-state index contributed by atoms with van der Waals surface area (Å²) in [6, 6.07) is 5.96. The number of nitrogens with zero attached hydrogens (tertiary/aromatic N) is 2. The number of hydrogen-bond donors (Lipinski definition) is 1. The van der Waals surface area contributed by atoms with E-state index in [1.165, 1.54) is 5.56 Å². The standard InChI is InChI=1S/C13H17N3O/c1-3-16-8-6-11(10-16)9-15-12-5-4-7-14-13(12)17-2/h4-8,10,15H,3,9H2,1-2H3. The van der Waals surface area contributed by atoms with Crippen LogP contribution in [0.4, 0.5) is 5.69 Å². The number of pyridine rings is 1. The van der Waals surface area contributed by atoms with Crippen LogP contribution in [0.1, 0.15) is 12.5 Å². The van der Waals surface area contributed by atoms with Crippen molar-refractivity contribution in [2.24, 2.45) is 0 Å². The molecule has 17 heavy (non-hydrogen) atoms. The molecule has 4 heteroatoms. The van der Waals surface area contributed by atoms with E-state index < -0.39 is 0 Å². The van der Waals surface area contributed by atoms with Gasteiger partial charge in [-0.25, -0.2) is 4.98 Å². The Labute approximate surface area is 101 Å². The monoisotopic (exact) mass is 231 g/mol. The van der Waals surface area contributed by atoms with Gasteiger partial charge in [0.1, 0.15) is 0 Å². The molecule has 4 nitrogen and oxygen atoms in total. The summed E-state index contributed by atoms with van der Waals surface area (Å²) in [5, 5.41) is 3.32. The Hall–Kier alpha value is -1.97. The van der Waals surface area contributed by atoms with Gasteiger partial charge in [-0.1, -0.05) is 0 Å². The summed E-state index contributed by atoms with van der Waals surface area (Å²) < 4.78 is 7.33. The molecule has 2 rings (SSSR count). The first kappa shape index (κ1) is 11.5. The van der Waals surface area contributed by atoms with Crippen LogP contribution in [-0.2, 0) is 13.1 Å². The summed E-state index contributed by atoms with van der Waals surface area (Å²) in [4.78, 5) is 4.14.